The monoisotopic (exact) mass is 175 g/mol. The van der Waals surface area contributed by atoms with Crippen molar-refractivity contribution >= 4 is 7.29 Å². The molecule has 0 spiro atoms. The Bertz CT molecular complexity index is 155. The molecule has 0 atom stereocenters. The van der Waals surface area contributed by atoms with Crippen molar-refractivity contribution in [2.24, 2.45) is 0 Å². The van der Waals surface area contributed by atoms with Crippen LogP contribution >= 0.6 is 7.29 Å². The first-order valence-electron chi connectivity index (χ1n) is 4.56. The number of hydrogen-bond acceptors (Lipinski definition) is 1. The quantitative estimate of drug-likeness (QED) is 0.614. The van der Waals surface area contributed by atoms with Gasteiger partial charge < -0.3 is 4.57 Å². The average Bonchev–Trinajstić information content (AvgIpc) is 2.39. The van der Waals surface area contributed by atoms with Crippen molar-refractivity contribution in [2.75, 3.05) is 25.4 Å². The van der Waals surface area contributed by atoms with Gasteiger partial charge in [0.05, 0.1) is 0 Å². The number of rotatable bonds is 3. The standard InChI is InChI=1S/C8H18NOP/c1-3-9(4-2)11(10)7-5-6-8-11/h3-8H2,1-2H3. The van der Waals surface area contributed by atoms with Crippen LogP contribution in [0.15, 0.2) is 0 Å². The first-order chi connectivity index (χ1) is 5.23. The topological polar surface area (TPSA) is 20.3 Å². The fourth-order valence-electron chi connectivity index (χ4n) is 1.85. The minimum absolute atomic E-state index is 0.952. The number of nitrogens with zero attached hydrogens (tertiary/aromatic N) is 1. The van der Waals surface area contributed by atoms with Gasteiger partial charge in [-0.25, -0.2) is 0 Å². The molecule has 1 aliphatic heterocycles. The van der Waals surface area contributed by atoms with Gasteiger partial charge in [-0.05, 0) is 12.8 Å². The molecule has 0 radical (unpaired) electrons. The lowest BCUT2D eigenvalue weighted by molar-refractivity contribution is 0.447. The molecule has 2 nitrogen and oxygen atoms in total. The molecular weight excluding hydrogens is 157 g/mol. The lowest BCUT2D eigenvalue weighted by atomic mass is 10.4. The van der Waals surface area contributed by atoms with Crippen LogP contribution < -0.4 is 0 Å². The minimum atomic E-state index is -1.85. The molecule has 0 aromatic heterocycles. The maximum Gasteiger partial charge on any atom is 0.150 e. The summed E-state index contributed by atoms with van der Waals surface area (Å²) in [5, 5.41) is 0. The Morgan fingerprint density at radius 2 is 1.64 bits per heavy atom. The van der Waals surface area contributed by atoms with E-state index in [9.17, 15) is 4.57 Å². The second-order valence-electron chi connectivity index (χ2n) is 3.14. The van der Waals surface area contributed by atoms with Crippen LogP contribution in [0.1, 0.15) is 26.7 Å². The lowest BCUT2D eigenvalue weighted by Crippen LogP contribution is -2.20. The van der Waals surface area contributed by atoms with E-state index in [-0.39, 0.29) is 0 Å². The van der Waals surface area contributed by atoms with Gasteiger partial charge in [0.25, 0.3) is 0 Å². The van der Waals surface area contributed by atoms with Crippen LogP contribution in [0.5, 0.6) is 0 Å². The van der Waals surface area contributed by atoms with Crippen LogP contribution in [-0.4, -0.2) is 30.1 Å². The Balaban J connectivity index is 2.61. The second-order valence-corrected chi connectivity index (χ2v) is 6.29. The Morgan fingerprint density at radius 1 is 1.18 bits per heavy atom. The molecule has 0 aromatic rings. The molecule has 0 aliphatic carbocycles. The van der Waals surface area contributed by atoms with E-state index < -0.39 is 7.29 Å². The van der Waals surface area contributed by atoms with Crippen LogP contribution in [0, 0.1) is 0 Å². The summed E-state index contributed by atoms with van der Waals surface area (Å²) >= 11 is 0. The molecule has 3 heteroatoms. The minimum Gasteiger partial charge on any atom is -0.307 e. The third kappa shape index (κ3) is 1.86. The van der Waals surface area contributed by atoms with E-state index in [0.717, 1.165) is 25.4 Å². The molecular formula is C8H18NOP. The Kier molecular flexibility index (Phi) is 3.15. The first kappa shape index (κ1) is 9.28. The first-order valence-corrected chi connectivity index (χ1v) is 6.59. The van der Waals surface area contributed by atoms with E-state index in [4.69, 9.17) is 0 Å². The van der Waals surface area contributed by atoms with Crippen LogP contribution in [0.2, 0.25) is 0 Å². The van der Waals surface area contributed by atoms with Gasteiger partial charge in [0.2, 0.25) is 0 Å². The molecule has 1 fully saturated rings. The Morgan fingerprint density at radius 3 is 2.00 bits per heavy atom. The zero-order valence-electron chi connectivity index (χ0n) is 7.55. The van der Waals surface area contributed by atoms with Gasteiger partial charge in [-0.15, -0.1) is 0 Å². The molecule has 0 aromatic carbocycles. The largest absolute Gasteiger partial charge is 0.307 e. The Labute approximate surface area is 69.4 Å². The zero-order valence-corrected chi connectivity index (χ0v) is 8.44. The van der Waals surface area contributed by atoms with E-state index in [1.54, 1.807) is 0 Å². The molecule has 66 valence electrons. The normalized spacial score (nSPS) is 22.8. The fourth-order valence-corrected chi connectivity index (χ4v) is 5.11. The summed E-state index contributed by atoms with van der Waals surface area (Å²) in [6.07, 6.45) is 4.28. The lowest BCUT2D eigenvalue weighted by Gasteiger charge is -2.25. The van der Waals surface area contributed by atoms with Crippen molar-refractivity contribution in [2.45, 2.75) is 26.7 Å². The van der Waals surface area contributed by atoms with Crippen molar-refractivity contribution in [1.82, 2.24) is 4.67 Å². The molecule has 0 bridgehead atoms. The molecule has 1 aliphatic rings. The predicted molar refractivity (Wildman–Crippen MR) is 49.5 cm³/mol. The van der Waals surface area contributed by atoms with Crippen molar-refractivity contribution < 1.29 is 4.57 Å². The van der Waals surface area contributed by atoms with Crippen LogP contribution in [0.3, 0.4) is 0 Å². The molecule has 1 heterocycles. The van der Waals surface area contributed by atoms with Crippen LogP contribution in [-0.2, 0) is 4.57 Å². The molecule has 1 rings (SSSR count). The third-order valence-corrected chi connectivity index (χ3v) is 6.14. The van der Waals surface area contributed by atoms with Gasteiger partial charge in [0, 0.05) is 25.4 Å². The molecule has 11 heavy (non-hydrogen) atoms. The van der Waals surface area contributed by atoms with Crippen molar-refractivity contribution in [1.29, 1.82) is 0 Å². The summed E-state index contributed by atoms with van der Waals surface area (Å²) in [5.74, 6) is 0. The highest BCUT2D eigenvalue weighted by atomic mass is 31.2. The summed E-state index contributed by atoms with van der Waals surface area (Å²) < 4.78 is 14.3. The summed E-state index contributed by atoms with van der Waals surface area (Å²) in [7, 11) is -1.85. The summed E-state index contributed by atoms with van der Waals surface area (Å²) in [4.78, 5) is 0. The van der Waals surface area contributed by atoms with Gasteiger partial charge >= 0.3 is 0 Å². The zero-order chi connectivity index (χ0) is 8.32. The van der Waals surface area contributed by atoms with Crippen molar-refractivity contribution in [3.05, 3.63) is 0 Å². The predicted octanol–water partition coefficient (Wildman–Crippen LogP) is 2.40. The Hall–Kier alpha value is 0.190. The highest BCUT2D eigenvalue weighted by molar-refractivity contribution is 7.61. The molecule has 0 amide bonds. The maximum atomic E-state index is 12.1. The smallest absolute Gasteiger partial charge is 0.150 e. The highest BCUT2D eigenvalue weighted by Gasteiger charge is 2.31. The SMILES string of the molecule is CCN(CC)P1(=O)CCCC1. The van der Waals surface area contributed by atoms with Crippen LogP contribution in [0.25, 0.3) is 0 Å². The van der Waals surface area contributed by atoms with Gasteiger partial charge in [0.1, 0.15) is 7.29 Å². The van der Waals surface area contributed by atoms with E-state index >= 15 is 0 Å². The fraction of sp³-hybridized carbons (Fsp3) is 1.00. The average molecular weight is 175 g/mol. The molecule has 1 saturated heterocycles. The number of hydrogen-bond donors (Lipinski definition) is 0. The summed E-state index contributed by atoms with van der Waals surface area (Å²) in [6.45, 7) is 6.10. The van der Waals surface area contributed by atoms with E-state index in [1.807, 2.05) is 0 Å². The van der Waals surface area contributed by atoms with Gasteiger partial charge in [-0.1, -0.05) is 13.8 Å². The maximum absolute atomic E-state index is 12.1. The third-order valence-electron chi connectivity index (χ3n) is 2.51. The molecule has 0 unspecified atom stereocenters. The summed E-state index contributed by atoms with van der Waals surface area (Å²) in [5.41, 5.74) is 0. The molecule has 0 saturated carbocycles. The highest BCUT2D eigenvalue weighted by Crippen LogP contribution is 2.54. The molecule has 0 N–H and O–H groups in total. The van der Waals surface area contributed by atoms with Gasteiger partial charge in [0.15, 0.2) is 0 Å². The van der Waals surface area contributed by atoms with Crippen molar-refractivity contribution in [3.63, 3.8) is 0 Å². The van der Waals surface area contributed by atoms with Gasteiger partial charge in [-0.3, -0.25) is 4.67 Å². The van der Waals surface area contributed by atoms with E-state index in [0.29, 0.717) is 0 Å². The van der Waals surface area contributed by atoms with Crippen molar-refractivity contribution in [3.8, 4) is 0 Å². The second kappa shape index (κ2) is 3.73. The van der Waals surface area contributed by atoms with E-state index in [2.05, 4.69) is 18.5 Å². The van der Waals surface area contributed by atoms with Crippen LogP contribution in [0.4, 0.5) is 0 Å². The van der Waals surface area contributed by atoms with E-state index in [1.165, 1.54) is 12.8 Å². The summed E-state index contributed by atoms with van der Waals surface area (Å²) in [6, 6.07) is 0. The van der Waals surface area contributed by atoms with Gasteiger partial charge in [-0.2, -0.15) is 0 Å².